The van der Waals surface area contributed by atoms with Crippen LogP contribution in [0.25, 0.3) is 16.9 Å². The van der Waals surface area contributed by atoms with Crippen molar-refractivity contribution in [3.05, 3.63) is 45.5 Å². The summed E-state index contributed by atoms with van der Waals surface area (Å²) in [5.74, 6) is 1.36. The average Bonchev–Trinajstić information content (AvgIpc) is 2.79. The fourth-order valence-corrected chi connectivity index (χ4v) is 2.93. The van der Waals surface area contributed by atoms with Crippen LogP contribution in [0.15, 0.2) is 45.5 Å². The molecule has 2 aromatic heterocycles. The van der Waals surface area contributed by atoms with Gasteiger partial charge in [0.15, 0.2) is 5.65 Å². The highest BCUT2D eigenvalue weighted by Gasteiger charge is 2.15. The minimum absolute atomic E-state index is 0.593. The Morgan fingerprint density at radius 3 is 2.70 bits per heavy atom. The molecule has 1 aromatic carbocycles. The molecule has 3 aromatic rings. The lowest BCUT2D eigenvalue weighted by atomic mass is 10.1. The molecule has 0 atom stereocenters. The summed E-state index contributed by atoms with van der Waals surface area (Å²) >= 11 is 7.02. The molecule has 0 spiro atoms. The zero-order chi connectivity index (χ0) is 14.3. The van der Waals surface area contributed by atoms with E-state index < -0.39 is 0 Å². The van der Waals surface area contributed by atoms with Crippen LogP contribution in [0.1, 0.15) is 0 Å². The van der Waals surface area contributed by atoms with Crippen LogP contribution >= 0.6 is 31.9 Å². The highest BCUT2D eigenvalue weighted by molar-refractivity contribution is 9.11. The molecule has 0 radical (unpaired) electrons. The number of pyridine rings is 1. The first kappa shape index (κ1) is 13.5. The highest BCUT2D eigenvalue weighted by atomic mass is 79.9. The minimum atomic E-state index is 0.593. The summed E-state index contributed by atoms with van der Waals surface area (Å²) in [5, 5.41) is 0. The van der Waals surface area contributed by atoms with Crippen LogP contribution < -0.4 is 10.5 Å². The molecule has 2 N–H and O–H groups in total. The predicted octanol–water partition coefficient (Wildman–Crippen LogP) is 4.12. The van der Waals surface area contributed by atoms with Crippen LogP contribution in [0.3, 0.4) is 0 Å². The molecule has 0 unspecified atom stereocenters. The second-order valence-electron chi connectivity index (χ2n) is 4.24. The second-order valence-corrected chi connectivity index (χ2v) is 5.95. The number of methoxy groups -OCH3 is 1. The lowest BCUT2D eigenvalue weighted by Gasteiger charge is -2.06. The first-order valence-corrected chi connectivity index (χ1v) is 7.46. The van der Waals surface area contributed by atoms with E-state index in [0.29, 0.717) is 5.82 Å². The topological polar surface area (TPSA) is 52.5 Å². The number of nitrogens with two attached hydrogens (primary N) is 1. The Labute approximate surface area is 132 Å². The van der Waals surface area contributed by atoms with E-state index >= 15 is 0 Å². The van der Waals surface area contributed by atoms with Crippen molar-refractivity contribution in [3.63, 3.8) is 0 Å². The number of halogens is 2. The average molecular weight is 397 g/mol. The molecule has 6 heteroatoms. The normalized spacial score (nSPS) is 10.9. The van der Waals surface area contributed by atoms with Gasteiger partial charge in [0.1, 0.15) is 17.3 Å². The van der Waals surface area contributed by atoms with E-state index in [-0.39, 0.29) is 0 Å². The summed E-state index contributed by atoms with van der Waals surface area (Å²) in [6.45, 7) is 0. The summed E-state index contributed by atoms with van der Waals surface area (Å²) in [6.07, 6.45) is 1.89. The number of nitrogens with zero attached hydrogens (tertiary/aromatic N) is 2. The summed E-state index contributed by atoms with van der Waals surface area (Å²) in [5.41, 5.74) is 8.63. The molecule has 0 aliphatic heterocycles. The Hall–Kier alpha value is -1.53. The molecule has 102 valence electrons. The van der Waals surface area contributed by atoms with Crippen LogP contribution in [0.5, 0.6) is 5.75 Å². The molecule has 0 bridgehead atoms. The minimum Gasteiger partial charge on any atom is -0.497 e. The first-order valence-electron chi connectivity index (χ1n) is 5.88. The third-order valence-electron chi connectivity index (χ3n) is 3.07. The van der Waals surface area contributed by atoms with Crippen LogP contribution in [0.4, 0.5) is 5.82 Å². The van der Waals surface area contributed by atoms with E-state index in [0.717, 1.165) is 31.6 Å². The molecule has 0 saturated carbocycles. The van der Waals surface area contributed by atoms with Crippen molar-refractivity contribution in [1.29, 1.82) is 0 Å². The largest absolute Gasteiger partial charge is 0.497 e. The van der Waals surface area contributed by atoms with Gasteiger partial charge in [-0.2, -0.15) is 0 Å². The maximum Gasteiger partial charge on any atom is 0.153 e. The van der Waals surface area contributed by atoms with Crippen molar-refractivity contribution in [2.75, 3.05) is 12.8 Å². The van der Waals surface area contributed by atoms with E-state index in [9.17, 15) is 0 Å². The molecule has 0 aliphatic rings. The summed E-state index contributed by atoms with van der Waals surface area (Å²) in [6, 6.07) is 9.57. The smallest absolute Gasteiger partial charge is 0.153 e. The van der Waals surface area contributed by atoms with Gasteiger partial charge in [-0.05, 0) is 46.3 Å². The van der Waals surface area contributed by atoms with Crippen molar-refractivity contribution < 1.29 is 4.74 Å². The third-order valence-corrected chi connectivity index (χ3v) is 4.38. The quantitative estimate of drug-likeness (QED) is 0.708. The van der Waals surface area contributed by atoms with Gasteiger partial charge in [-0.3, -0.25) is 4.40 Å². The van der Waals surface area contributed by atoms with Gasteiger partial charge >= 0.3 is 0 Å². The van der Waals surface area contributed by atoms with Gasteiger partial charge in [0.2, 0.25) is 0 Å². The Kier molecular flexibility index (Phi) is 3.43. The van der Waals surface area contributed by atoms with E-state index in [1.807, 2.05) is 40.9 Å². The maximum absolute atomic E-state index is 6.22. The number of anilines is 1. The number of rotatable bonds is 2. The number of hydrogen-bond donors (Lipinski definition) is 1. The SMILES string of the molecule is COc1ccc(Br)c(-c2nc3c(Br)cccn3c2N)c1. The molecule has 3 rings (SSSR count). The fourth-order valence-electron chi connectivity index (χ4n) is 2.06. The summed E-state index contributed by atoms with van der Waals surface area (Å²) < 4.78 is 8.94. The number of ether oxygens (including phenoxy) is 1. The summed E-state index contributed by atoms with van der Waals surface area (Å²) in [4.78, 5) is 4.62. The molecule has 0 amide bonds. The van der Waals surface area contributed by atoms with Crippen molar-refractivity contribution in [2.45, 2.75) is 0 Å². The Balaban J connectivity index is 2.30. The van der Waals surface area contributed by atoms with Crippen molar-refractivity contribution in [2.24, 2.45) is 0 Å². The molecule has 0 fully saturated rings. The maximum atomic E-state index is 6.22. The van der Waals surface area contributed by atoms with Gasteiger partial charge in [-0.1, -0.05) is 15.9 Å². The molecule has 0 aliphatic carbocycles. The van der Waals surface area contributed by atoms with Crippen LogP contribution in [0.2, 0.25) is 0 Å². The number of nitrogen functional groups attached to an aromatic ring is 1. The van der Waals surface area contributed by atoms with Gasteiger partial charge in [0.05, 0.1) is 11.6 Å². The standard InChI is InChI=1S/C14H11Br2N3O/c1-20-8-4-5-10(15)9(7-8)12-13(17)19-6-2-3-11(16)14(19)18-12/h2-7H,17H2,1H3. The van der Waals surface area contributed by atoms with Gasteiger partial charge in [0.25, 0.3) is 0 Å². The zero-order valence-electron chi connectivity index (χ0n) is 10.6. The van der Waals surface area contributed by atoms with E-state index in [4.69, 9.17) is 10.5 Å². The number of benzene rings is 1. The highest BCUT2D eigenvalue weighted by Crippen LogP contribution is 2.35. The third kappa shape index (κ3) is 2.09. The molecule has 0 saturated heterocycles. The van der Waals surface area contributed by atoms with Crippen LogP contribution in [0, 0.1) is 0 Å². The lowest BCUT2D eigenvalue weighted by molar-refractivity contribution is 0.415. The van der Waals surface area contributed by atoms with E-state index in [1.54, 1.807) is 7.11 Å². The number of fused-ring (bicyclic) bond motifs is 1. The molecule has 4 nitrogen and oxygen atoms in total. The van der Waals surface area contributed by atoms with Gasteiger partial charge in [0, 0.05) is 16.2 Å². The number of aromatic nitrogens is 2. The van der Waals surface area contributed by atoms with E-state index in [2.05, 4.69) is 36.8 Å². The van der Waals surface area contributed by atoms with Crippen molar-refractivity contribution >= 4 is 43.3 Å². The van der Waals surface area contributed by atoms with Gasteiger partial charge < -0.3 is 10.5 Å². The molecular weight excluding hydrogens is 386 g/mol. The first-order chi connectivity index (χ1) is 9.61. The monoisotopic (exact) mass is 395 g/mol. The Morgan fingerprint density at radius 1 is 1.20 bits per heavy atom. The predicted molar refractivity (Wildman–Crippen MR) is 87.0 cm³/mol. The van der Waals surface area contributed by atoms with E-state index in [1.165, 1.54) is 0 Å². The Bertz CT molecular complexity index is 798. The molecule has 2 heterocycles. The zero-order valence-corrected chi connectivity index (χ0v) is 13.8. The van der Waals surface area contributed by atoms with Crippen LogP contribution in [-0.4, -0.2) is 16.5 Å². The fraction of sp³-hybridized carbons (Fsp3) is 0.0714. The van der Waals surface area contributed by atoms with Crippen molar-refractivity contribution in [3.8, 4) is 17.0 Å². The van der Waals surface area contributed by atoms with Gasteiger partial charge in [-0.25, -0.2) is 4.98 Å². The van der Waals surface area contributed by atoms with Crippen molar-refractivity contribution in [1.82, 2.24) is 9.38 Å². The lowest BCUT2D eigenvalue weighted by Crippen LogP contribution is -1.94. The Morgan fingerprint density at radius 2 is 2.00 bits per heavy atom. The second kappa shape index (κ2) is 5.10. The number of imidazole rings is 1. The van der Waals surface area contributed by atoms with Crippen LogP contribution in [-0.2, 0) is 0 Å². The summed E-state index contributed by atoms with van der Waals surface area (Å²) in [7, 11) is 1.64. The van der Waals surface area contributed by atoms with Gasteiger partial charge in [-0.15, -0.1) is 0 Å². The number of hydrogen-bond acceptors (Lipinski definition) is 3. The molecular formula is C14H11Br2N3O. The molecule has 20 heavy (non-hydrogen) atoms.